The van der Waals surface area contributed by atoms with E-state index in [-0.39, 0.29) is 30.6 Å². The van der Waals surface area contributed by atoms with E-state index in [0.29, 0.717) is 11.3 Å². The standard InChI is InChI=1S/C18H20FN3O2/c1-12-3-7-15(8-4-12)22-18(24)21-10-9-20-17(23)14-6-5-13(2)16(19)11-14/h3-8,11H,9-10H2,1-2H3,(H,20,23)(H2,21,22,24). The number of urea groups is 1. The van der Waals surface area contributed by atoms with Crippen LogP contribution in [0.3, 0.4) is 0 Å². The number of rotatable bonds is 5. The Kier molecular flexibility index (Phi) is 5.89. The van der Waals surface area contributed by atoms with Crippen molar-refractivity contribution in [3.63, 3.8) is 0 Å². The van der Waals surface area contributed by atoms with Gasteiger partial charge < -0.3 is 16.0 Å². The Hall–Kier alpha value is -2.89. The van der Waals surface area contributed by atoms with E-state index in [1.807, 2.05) is 31.2 Å². The zero-order chi connectivity index (χ0) is 17.5. The second kappa shape index (κ2) is 8.10. The predicted molar refractivity (Wildman–Crippen MR) is 91.7 cm³/mol. The number of hydrogen-bond donors (Lipinski definition) is 3. The number of anilines is 1. The van der Waals surface area contributed by atoms with E-state index >= 15 is 0 Å². The van der Waals surface area contributed by atoms with E-state index in [2.05, 4.69) is 16.0 Å². The molecule has 2 aromatic rings. The molecule has 0 fully saturated rings. The minimum atomic E-state index is -0.418. The molecule has 6 heteroatoms. The van der Waals surface area contributed by atoms with Gasteiger partial charge in [-0.3, -0.25) is 4.79 Å². The highest BCUT2D eigenvalue weighted by atomic mass is 19.1. The lowest BCUT2D eigenvalue weighted by atomic mass is 10.1. The molecule has 0 radical (unpaired) electrons. The van der Waals surface area contributed by atoms with Crippen molar-refractivity contribution in [2.24, 2.45) is 0 Å². The average molecular weight is 329 g/mol. The van der Waals surface area contributed by atoms with Crippen molar-refractivity contribution in [2.75, 3.05) is 18.4 Å². The van der Waals surface area contributed by atoms with Crippen LogP contribution in [0.2, 0.25) is 0 Å². The zero-order valence-corrected chi connectivity index (χ0v) is 13.7. The quantitative estimate of drug-likeness (QED) is 0.738. The summed E-state index contributed by atoms with van der Waals surface area (Å²) < 4.78 is 13.4. The molecule has 0 atom stereocenters. The maximum Gasteiger partial charge on any atom is 0.319 e. The highest BCUT2D eigenvalue weighted by molar-refractivity contribution is 5.94. The number of halogens is 1. The van der Waals surface area contributed by atoms with E-state index in [1.54, 1.807) is 19.1 Å². The molecule has 0 aromatic heterocycles. The molecule has 0 saturated heterocycles. The fraction of sp³-hybridized carbons (Fsp3) is 0.222. The van der Waals surface area contributed by atoms with Gasteiger partial charge in [-0.15, -0.1) is 0 Å². The van der Waals surface area contributed by atoms with Crippen LogP contribution in [0.1, 0.15) is 21.5 Å². The van der Waals surface area contributed by atoms with E-state index < -0.39 is 5.82 Å². The normalized spacial score (nSPS) is 10.1. The molecule has 3 N–H and O–H groups in total. The first-order chi connectivity index (χ1) is 11.5. The van der Waals surface area contributed by atoms with Gasteiger partial charge in [-0.25, -0.2) is 9.18 Å². The number of aryl methyl sites for hydroxylation is 2. The maximum absolute atomic E-state index is 13.4. The van der Waals surface area contributed by atoms with Crippen molar-refractivity contribution in [3.05, 3.63) is 65.0 Å². The molecule has 0 heterocycles. The molecule has 126 valence electrons. The highest BCUT2D eigenvalue weighted by Gasteiger charge is 2.08. The summed E-state index contributed by atoms with van der Waals surface area (Å²) in [6.45, 7) is 4.10. The molecule has 2 aromatic carbocycles. The van der Waals surface area contributed by atoms with Gasteiger partial charge in [0.25, 0.3) is 5.91 Å². The second-order valence-corrected chi connectivity index (χ2v) is 5.47. The van der Waals surface area contributed by atoms with Crippen molar-refractivity contribution in [1.82, 2.24) is 10.6 Å². The number of benzene rings is 2. The molecule has 24 heavy (non-hydrogen) atoms. The predicted octanol–water partition coefficient (Wildman–Crippen LogP) is 2.99. The molecule has 0 spiro atoms. The summed E-state index contributed by atoms with van der Waals surface area (Å²) in [5, 5.41) is 7.95. The van der Waals surface area contributed by atoms with Crippen LogP contribution in [-0.2, 0) is 0 Å². The van der Waals surface area contributed by atoms with E-state index in [9.17, 15) is 14.0 Å². The summed E-state index contributed by atoms with van der Waals surface area (Å²) in [6.07, 6.45) is 0. The van der Waals surface area contributed by atoms with Crippen molar-refractivity contribution in [3.8, 4) is 0 Å². The Balaban J connectivity index is 1.72. The maximum atomic E-state index is 13.4. The number of nitrogens with one attached hydrogen (secondary N) is 3. The summed E-state index contributed by atoms with van der Waals surface area (Å²) >= 11 is 0. The number of amides is 3. The van der Waals surface area contributed by atoms with Gasteiger partial charge in [0, 0.05) is 24.3 Å². The minimum absolute atomic E-state index is 0.246. The summed E-state index contributed by atoms with van der Waals surface area (Å²) in [6, 6.07) is 11.4. The molecule has 0 bridgehead atoms. The van der Waals surface area contributed by atoms with Crippen LogP contribution in [0.4, 0.5) is 14.9 Å². The van der Waals surface area contributed by atoms with Crippen molar-refractivity contribution < 1.29 is 14.0 Å². The van der Waals surface area contributed by atoms with E-state index in [0.717, 1.165) is 5.56 Å². The van der Waals surface area contributed by atoms with Gasteiger partial charge in [-0.1, -0.05) is 23.8 Å². The molecule has 0 aliphatic rings. The fourth-order valence-electron chi connectivity index (χ4n) is 2.00. The van der Waals surface area contributed by atoms with Crippen LogP contribution in [0.15, 0.2) is 42.5 Å². The van der Waals surface area contributed by atoms with Gasteiger partial charge in [0.2, 0.25) is 0 Å². The van der Waals surface area contributed by atoms with Gasteiger partial charge in [0.05, 0.1) is 0 Å². The van der Waals surface area contributed by atoms with Crippen LogP contribution >= 0.6 is 0 Å². The zero-order valence-electron chi connectivity index (χ0n) is 13.7. The van der Waals surface area contributed by atoms with Crippen molar-refractivity contribution in [1.29, 1.82) is 0 Å². The van der Waals surface area contributed by atoms with Crippen molar-refractivity contribution in [2.45, 2.75) is 13.8 Å². The number of carbonyl (C=O) groups excluding carboxylic acids is 2. The first-order valence-electron chi connectivity index (χ1n) is 7.61. The molecule has 0 unspecified atom stereocenters. The van der Waals surface area contributed by atoms with E-state index in [4.69, 9.17) is 0 Å². The van der Waals surface area contributed by atoms with Gasteiger partial charge in [0.15, 0.2) is 0 Å². The SMILES string of the molecule is Cc1ccc(NC(=O)NCCNC(=O)c2ccc(C)c(F)c2)cc1. The molecular formula is C18H20FN3O2. The molecule has 0 saturated carbocycles. The monoisotopic (exact) mass is 329 g/mol. The van der Waals surface area contributed by atoms with Gasteiger partial charge in [0.1, 0.15) is 5.82 Å². The summed E-state index contributed by atoms with van der Waals surface area (Å²) in [4.78, 5) is 23.6. The lowest BCUT2D eigenvalue weighted by Crippen LogP contribution is -2.36. The average Bonchev–Trinajstić information content (AvgIpc) is 2.56. The second-order valence-electron chi connectivity index (χ2n) is 5.47. The van der Waals surface area contributed by atoms with E-state index in [1.165, 1.54) is 6.07 Å². The third kappa shape index (κ3) is 5.08. The largest absolute Gasteiger partial charge is 0.350 e. The minimum Gasteiger partial charge on any atom is -0.350 e. The Morgan fingerprint density at radius 2 is 1.62 bits per heavy atom. The molecule has 5 nitrogen and oxygen atoms in total. The van der Waals surface area contributed by atoms with Crippen LogP contribution in [0, 0.1) is 19.7 Å². The highest BCUT2D eigenvalue weighted by Crippen LogP contribution is 2.09. The summed E-state index contributed by atoms with van der Waals surface area (Å²) in [5.74, 6) is -0.798. The third-order valence-electron chi connectivity index (χ3n) is 3.44. The van der Waals surface area contributed by atoms with Crippen LogP contribution in [-0.4, -0.2) is 25.0 Å². The van der Waals surface area contributed by atoms with Gasteiger partial charge in [-0.2, -0.15) is 0 Å². The van der Waals surface area contributed by atoms with Gasteiger partial charge >= 0.3 is 6.03 Å². The Morgan fingerprint density at radius 1 is 0.958 bits per heavy atom. The summed E-state index contributed by atoms with van der Waals surface area (Å²) in [5.41, 5.74) is 2.54. The lowest BCUT2D eigenvalue weighted by Gasteiger charge is -2.09. The van der Waals surface area contributed by atoms with Gasteiger partial charge in [-0.05, 0) is 43.7 Å². The first kappa shape index (κ1) is 17.5. The first-order valence-corrected chi connectivity index (χ1v) is 7.61. The van der Waals surface area contributed by atoms with Crippen molar-refractivity contribution >= 4 is 17.6 Å². The van der Waals surface area contributed by atoms with Crippen LogP contribution in [0.25, 0.3) is 0 Å². The number of carbonyl (C=O) groups is 2. The Morgan fingerprint density at radius 3 is 2.29 bits per heavy atom. The lowest BCUT2D eigenvalue weighted by molar-refractivity contribution is 0.0953. The smallest absolute Gasteiger partial charge is 0.319 e. The Labute approximate surface area is 140 Å². The fourth-order valence-corrected chi connectivity index (χ4v) is 2.00. The third-order valence-corrected chi connectivity index (χ3v) is 3.44. The molecule has 2 rings (SSSR count). The molecule has 0 aliphatic carbocycles. The molecule has 0 aliphatic heterocycles. The topological polar surface area (TPSA) is 70.2 Å². The molecule has 3 amide bonds. The number of hydrogen-bond acceptors (Lipinski definition) is 2. The summed E-state index contributed by atoms with van der Waals surface area (Å²) in [7, 11) is 0. The van der Waals surface area contributed by atoms with Crippen LogP contribution in [0.5, 0.6) is 0 Å². The molecular weight excluding hydrogens is 309 g/mol. The Bertz CT molecular complexity index is 730. The van der Waals surface area contributed by atoms with Crippen LogP contribution < -0.4 is 16.0 Å².